The maximum Gasteiger partial charge on any atom is 0.306 e. The molecule has 0 aliphatic carbocycles. The minimum atomic E-state index is -0.791. The van der Waals surface area contributed by atoms with E-state index >= 15 is 0 Å². The number of esters is 3. The van der Waals surface area contributed by atoms with Crippen LogP contribution in [-0.2, 0) is 28.6 Å². The predicted octanol–water partition coefficient (Wildman–Crippen LogP) is 18.5. The van der Waals surface area contributed by atoms with Crippen LogP contribution in [0.15, 0.2) is 122 Å². The Morgan fingerprint density at radius 1 is 0.309 bits per heavy atom. The summed E-state index contributed by atoms with van der Waals surface area (Å²) in [6, 6.07) is 0. The molecule has 0 aromatic rings. The molecular weight excluding hydrogens is 841 g/mol. The highest BCUT2D eigenvalue weighted by Gasteiger charge is 2.19. The Morgan fingerprint density at radius 3 is 0.897 bits per heavy atom. The monoisotopic (exact) mass is 941 g/mol. The average molecular weight is 941 g/mol. The van der Waals surface area contributed by atoms with Gasteiger partial charge in [-0.15, -0.1) is 0 Å². The Kier molecular flexibility index (Phi) is 52.0. The zero-order valence-corrected chi connectivity index (χ0v) is 43.8. The molecule has 68 heavy (non-hydrogen) atoms. The van der Waals surface area contributed by atoms with E-state index in [1.165, 1.54) is 70.6 Å². The van der Waals surface area contributed by atoms with Crippen LogP contribution < -0.4 is 0 Å². The first-order valence-electron chi connectivity index (χ1n) is 27.5. The van der Waals surface area contributed by atoms with Crippen LogP contribution in [0, 0.1) is 0 Å². The smallest absolute Gasteiger partial charge is 0.306 e. The zero-order chi connectivity index (χ0) is 49.3. The molecule has 1 atom stereocenters. The Hall–Kier alpha value is -4.19. The maximum atomic E-state index is 12.7. The number of carbonyl (C=O) groups excluding carboxylic acids is 3. The summed E-state index contributed by atoms with van der Waals surface area (Å²) in [5, 5.41) is 0. The second-order valence-electron chi connectivity index (χ2n) is 17.8. The van der Waals surface area contributed by atoms with E-state index in [1.807, 2.05) is 0 Å². The molecule has 0 amide bonds. The first-order valence-corrected chi connectivity index (χ1v) is 27.5. The molecule has 0 rings (SSSR count). The first kappa shape index (κ1) is 63.8. The fourth-order valence-corrected chi connectivity index (χ4v) is 7.12. The van der Waals surface area contributed by atoms with Crippen molar-refractivity contribution in [3.05, 3.63) is 122 Å². The van der Waals surface area contributed by atoms with Crippen LogP contribution in [0.2, 0.25) is 0 Å². The highest BCUT2D eigenvalue weighted by atomic mass is 16.6. The van der Waals surface area contributed by atoms with Crippen LogP contribution in [0.4, 0.5) is 0 Å². The molecule has 0 aromatic carbocycles. The van der Waals surface area contributed by atoms with Gasteiger partial charge in [-0.05, 0) is 96.3 Å². The van der Waals surface area contributed by atoms with Crippen molar-refractivity contribution in [2.24, 2.45) is 0 Å². The van der Waals surface area contributed by atoms with Gasteiger partial charge in [-0.1, -0.05) is 239 Å². The molecule has 0 saturated heterocycles. The van der Waals surface area contributed by atoms with Gasteiger partial charge in [-0.25, -0.2) is 0 Å². The molecule has 1 unspecified atom stereocenters. The van der Waals surface area contributed by atoms with Crippen molar-refractivity contribution in [1.29, 1.82) is 0 Å². The van der Waals surface area contributed by atoms with E-state index in [4.69, 9.17) is 14.2 Å². The Balaban J connectivity index is 4.20. The number of unbranched alkanes of at least 4 members (excludes halogenated alkanes) is 17. The van der Waals surface area contributed by atoms with Gasteiger partial charge in [0, 0.05) is 19.3 Å². The Bertz CT molecular complexity index is 1450. The van der Waals surface area contributed by atoms with Gasteiger partial charge < -0.3 is 14.2 Å². The van der Waals surface area contributed by atoms with Gasteiger partial charge in [0.1, 0.15) is 13.2 Å². The van der Waals surface area contributed by atoms with E-state index in [2.05, 4.69) is 142 Å². The minimum absolute atomic E-state index is 0.0917. The van der Waals surface area contributed by atoms with Gasteiger partial charge >= 0.3 is 17.9 Å². The van der Waals surface area contributed by atoms with Crippen LogP contribution in [0.3, 0.4) is 0 Å². The second kappa shape index (κ2) is 55.4. The molecule has 0 N–H and O–H groups in total. The van der Waals surface area contributed by atoms with Crippen LogP contribution in [0.1, 0.15) is 233 Å². The summed E-state index contributed by atoms with van der Waals surface area (Å²) in [6.07, 6.45) is 76.5. The largest absolute Gasteiger partial charge is 0.462 e. The van der Waals surface area contributed by atoms with E-state index in [9.17, 15) is 14.4 Å². The molecular formula is C62H100O6. The molecule has 6 heteroatoms. The minimum Gasteiger partial charge on any atom is -0.462 e. The summed E-state index contributed by atoms with van der Waals surface area (Å²) in [5.74, 6) is -0.952. The van der Waals surface area contributed by atoms with Crippen LogP contribution in [0.25, 0.3) is 0 Å². The summed E-state index contributed by atoms with van der Waals surface area (Å²) in [4.78, 5) is 37.7. The third kappa shape index (κ3) is 52.8. The van der Waals surface area contributed by atoms with E-state index in [-0.39, 0.29) is 31.1 Å². The number of rotatable bonds is 48. The van der Waals surface area contributed by atoms with E-state index in [1.54, 1.807) is 0 Å². The zero-order valence-electron chi connectivity index (χ0n) is 43.8. The van der Waals surface area contributed by atoms with Crippen LogP contribution >= 0.6 is 0 Å². The third-order valence-electron chi connectivity index (χ3n) is 11.2. The van der Waals surface area contributed by atoms with Gasteiger partial charge in [-0.3, -0.25) is 14.4 Å². The molecule has 0 bridgehead atoms. The van der Waals surface area contributed by atoms with Crippen molar-refractivity contribution >= 4 is 17.9 Å². The lowest BCUT2D eigenvalue weighted by molar-refractivity contribution is -0.167. The van der Waals surface area contributed by atoms with Crippen molar-refractivity contribution in [3.63, 3.8) is 0 Å². The van der Waals surface area contributed by atoms with E-state index in [0.717, 1.165) is 122 Å². The quantitative estimate of drug-likeness (QED) is 0.0262. The molecule has 6 nitrogen and oxygen atoms in total. The van der Waals surface area contributed by atoms with Gasteiger partial charge in [0.2, 0.25) is 0 Å². The molecule has 0 fully saturated rings. The van der Waals surface area contributed by atoms with Gasteiger partial charge in [-0.2, -0.15) is 0 Å². The molecule has 0 aromatic heterocycles. The van der Waals surface area contributed by atoms with Crippen LogP contribution in [0.5, 0.6) is 0 Å². The number of carbonyl (C=O) groups is 3. The first-order chi connectivity index (χ1) is 33.5. The lowest BCUT2D eigenvalue weighted by atomic mass is 10.1. The summed E-state index contributed by atoms with van der Waals surface area (Å²) in [5.41, 5.74) is 0. The highest BCUT2D eigenvalue weighted by Crippen LogP contribution is 2.14. The van der Waals surface area contributed by atoms with Crippen LogP contribution in [-0.4, -0.2) is 37.2 Å². The summed E-state index contributed by atoms with van der Waals surface area (Å²) in [7, 11) is 0. The Labute approximate surface area is 418 Å². The van der Waals surface area contributed by atoms with E-state index in [0.29, 0.717) is 19.3 Å². The average Bonchev–Trinajstić information content (AvgIpc) is 3.34. The SMILES string of the molecule is CC/C=C\C/C=C\C/C=C\C/C=C\C/C=C\C/C=C\C/C=C\C/C=C\C/C=C\C/C=C\CCCCC(=O)OCC(COC(=O)CCCCCCCCC)OC(=O)CCCCCCCCCCCC. The standard InChI is InChI=1S/C62H100O6/c1-4-7-10-13-16-18-20-21-22-23-24-25-26-27-28-29-30-31-32-33-34-35-36-37-38-39-40-41-42-44-46-49-52-55-61(64)67-58-59(57-66-60(63)54-51-48-45-15-12-9-6-3)68-62(65)56-53-50-47-43-19-17-14-11-8-5-2/h7,10,16,18,21-22,24-25,27-28,30-31,33-34,36-37,39-40,42,44,59H,4-6,8-9,11-15,17,19-20,23,26,29,32,35,38,41,43,45-58H2,1-3H3/b10-7-,18-16-,22-21-,25-24-,28-27-,31-30-,34-33-,37-36-,40-39-,44-42-. The summed E-state index contributed by atoms with van der Waals surface area (Å²) >= 11 is 0. The topological polar surface area (TPSA) is 78.9 Å². The number of hydrogen-bond acceptors (Lipinski definition) is 6. The third-order valence-corrected chi connectivity index (χ3v) is 11.2. The molecule has 0 heterocycles. The van der Waals surface area contributed by atoms with E-state index < -0.39 is 6.10 Å². The fourth-order valence-electron chi connectivity index (χ4n) is 7.12. The van der Waals surface area contributed by atoms with Crippen molar-refractivity contribution in [1.82, 2.24) is 0 Å². The molecule has 0 saturated carbocycles. The lowest BCUT2D eigenvalue weighted by Gasteiger charge is -2.18. The highest BCUT2D eigenvalue weighted by molar-refractivity contribution is 5.71. The normalized spacial score (nSPS) is 13.0. The van der Waals surface area contributed by atoms with Gasteiger partial charge in [0.05, 0.1) is 0 Å². The Morgan fingerprint density at radius 2 is 0.574 bits per heavy atom. The number of allylic oxidation sites excluding steroid dienone is 20. The lowest BCUT2D eigenvalue weighted by Crippen LogP contribution is -2.30. The summed E-state index contributed by atoms with van der Waals surface area (Å²) in [6.45, 7) is 6.41. The predicted molar refractivity (Wildman–Crippen MR) is 293 cm³/mol. The van der Waals surface area contributed by atoms with Crippen molar-refractivity contribution < 1.29 is 28.6 Å². The molecule has 0 aliphatic rings. The molecule has 0 radical (unpaired) electrons. The number of ether oxygens (including phenoxy) is 3. The van der Waals surface area contributed by atoms with Crippen molar-refractivity contribution in [2.75, 3.05) is 13.2 Å². The molecule has 0 aliphatic heterocycles. The van der Waals surface area contributed by atoms with Crippen molar-refractivity contribution in [2.45, 2.75) is 239 Å². The van der Waals surface area contributed by atoms with Gasteiger partial charge in [0.15, 0.2) is 6.10 Å². The molecule has 0 spiro atoms. The maximum absolute atomic E-state index is 12.7. The van der Waals surface area contributed by atoms with Crippen molar-refractivity contribution in [3.8, 4) is 0 Å². The summed E-state index contributed by atoms with van der Waals surface area (Å²) < 4.78 is 16.7. The number of hydrogen-bond donors (Lipinski definition) is 0. The van der Waals surface area contributed by atoms with Gasteiger partial charge in [0.25, 0.3) is 0 Å². The second-order valence-corrected chi connectivity index (χ2v) is 17.8. The molecule has 384 valence electrons. The fraction of sp³-hybridized carbons (Fsp3) is 0.629.